The molecule has 19 nitrogen and oxygen atoms in total. The molecule has 0 atom stereocenters. The molecule has 4 aliphatic carbocycles. The van der Waals surface area contributed by atoms with Crippen molar-refractivity contribution in [2.24, 2.45) is 5.73 Å². The van der Waals surface area contributed by atoms with E-state index in [-0.39, 0.29) is 40.9 Å². The van der Waals surface area contributed by atoms with E-state index in [9.17, 15) is 14.2 Å². The normalized spacial score (nSPS) is 13.4. The molecule has 13 N–H and O–H groups in total. The molecule has 7 heterocycles. The number of aromatic nitrogens is 6. The average molecular weight is 1400 g/mol. The van der Waals surface area contributed by atoms with E-state index in [4.69, 9.17) is 49.4 Å². The summed E-state index contributed by atoms with van der Waals surface area (Å²) in [5.41, 5.74) is 35.4. The lowest BCUT2D eigenvalue weighted by atomic mass is 9.94. The first kappa shape index (κ1) is 70.7. The highest BCUT2D eigenvalue weighted by Gasteiger charge is 2.25. The van der Waals surface area contributed by atoms with E-state index in [1.54, 1.807) is 66.5 Å². The SMILES string of the molecule is CC(=O)c1c(N)sc2c1CCCC2.CNc1ccc(OC)cc1.COc1ccc(N(C)c2nc(N)nc3sc4c(c23)CCCC4)cc1.Cl.N=C(N)Cl.Nc1nc(Cl)c2c3c(sc2n1)CCCC3.Nc1nc2sc3c(c2c(=O)[nH]1)CCCC3.O=P(Cl)(Cl)Cl. The highest BCUT2D eigenvalue weighted by Crippen LogP contribution is 2.61. The first-order chi connectivity index (χ1) is 41.0. The Morgan fingerprint density at radius 3 is 1.49 bits per heavy atom. The van der Waals surface area contributed by atoms with Gasteiger partial charge in [0.25, 0.3) is 5.56 Å². The van der Waals surface area contributed by atoms with Gasteiger partial charge in [0.2, 0.25) is 17.8 Å². The Kier molecular flexibility index (Phi) is 26.7. The van der Waals surface area contributed by atoms with Gasteiger partial charge < -0.3 is 48.4 Å². The van der Waals surface area contributed by atoms with Gasteiger partial charge in [-0.2, -0.15) is 4.98 Å². The van der Waals surface area contributed by atoms with E-state index in [1.165, 1.54) is 98.5 Å². The third kappa shape index (κ3) is 19.3. The molecular formula is C57H69Cl6N14O5PS4. The summed E-state index contributed by atoms with van der Waals surface area (Å²) in [6, 6.07) is 15.8. The molecule has 0 aliphatic heterocycles. The number of aromatic amines is 1. The highest BCUT2D eigenvalue weighted by atomic mass is 36.0. The Morgan fingerprint density at radius 2 is 1.03 bits per heavy atom. The highest BCUT2D eigenvalue weighted by molar-refractivity contribution is 8.24. The summed E-state index contributed by atoms with van der Waals surface area (Å²) in [4.78, 5) is 57.5. The zero-order valence-electron chi connectivity index (χ0n) is 48.4. The van der Waals surface area contributed by atoms with E-state index in [1.807, 2.05) is 62.6 Å². The summed E-state index contributed by atoms with van der Waals surface area (Å²) < 4.78 is 19.7. The second-order valence-electron chi connectivity index (χ2n) is 19.9. The fourth-order valence-electron chi connectivity index (χ4n) is 10.4. The van der Waals surface area contributed by atoms with Crippen LogP contribution in [0.5, 0.6) is 11.5 Å². The van der Waals surface area contributed by atoms with Gasteiger partial charge in [-0.25, -0.2) is 19.9 Å². The number of Topliss-reactive ketones (excluding diaryl/α,β-unsaturated/α-hetero) is 1. The number of aryl methyl sites for hydroxylation is 7. The molecule has 7 aromatic heterocycles. The van der Waals surface area contributed by atoms with Gasteiger partial charge in [-0.05, 0) is 226 Å². The van der Waals surface area contributed by atoms with Gasteiger partial charge in [0.1, 0.15) is 37.0 Å². The third-order valence-corrected chi connectivity index (χ3v) is 19.1. The minimum Gasteiger partial charge on any atom is -0.497 e. The first-order valence-corrected chi connectivity index (χ1v) is 35.8. The molecule has 9 aromatic rings. The largest absolute Gasteiger partial charge is 0.497 e. The number of hydrogen-bond acceptors (Lipinski definition) is 21. The van der Waals surface area contributed by atoms with Crippen molar-refractivity contribution in [2.45, 2.75) is 110 Å². The van der Waals surface area contributed by atoms with Crippen molar-refractivity contribution in [1.29, 1.82) is 5.41 Å². The summed E-state index contributed by atoms with van der Waals surface area (Å²) in [6.07, 6.45) is 18.5. The standard InChI is InChI=1S/C18H20N4OS.C10H10ClN3S.C10H11N3OS.C10H13NOS.C8H11NO.CH3ClN2.Cl3OP.ClH/c1-22(11-7-9-12(23-2)10-8-11)16-15-13-5-3-4-6-14(13)24-17(15)21-18(19)20-16;11-8-7-5-3-1-2-4-6(5)15-9(7)14-10(12)13-8;11-10-12-8(14)7-5-3-1-2-4-6(5)15-9(7)13-10;1-6(12)9-7-4-2-3-5-8(7)13-10(9)11;1-9-7-3-5-8(10-2)6-4-7;2-1(3)4;1-5(2,3)4;/h7-10H,3-6H2,1-2H3,(H2,19,20,21);1-4H2,(H2,12,13,14);1-4H2,(H3,11,12,13,14);2-5,11H2,1H3;3-6,9H,1-2H3;(H3,3,4);;1H. The minimum atomic E-state index is -3.22. The number of halogens is 6. The Bertz CT molecular complexity index is 3900. The van der Waals surface area contributed by atoms with Crippen molar-refractivity contribution in [3.8, 4) is 11.5 Å². The van der Waals surface area contributed by atoms with Crippen LogP contribution in [0.1, 0.15) is 110 Å². The molecular weight excluding hydrogens is 1330 g/mol. The van der Waals surface area contributed by atoms with Crippen molar-refractivity contribution in [3.05, 3.63) is 111 Å². The Labute approximate surface area is 551 Å². The molecule has 30 heteroatoms. The molecule has 0 bridgehead atoms. The molecule has 13 rings (SSSR count). The van der Waals surface area contributed by atoms with Gasteiger partial charge >= 0.3 is 5.20 Å². The van der Waals surface area contributed by atoms with Crippen LogP contribution in [0.4, 0.5) is 40.0 Å². The van der Waals surface area contributed by atoms with Crippen LogP contribution in [0, 0.1) is 5.41 Å². The van der Waals surface area contributed by atoms with Crippen LogP contribution in [0.25, 0.3) is 30.6 Å². The monoisotopic (exact) mass is 1400 g/mol. The second-order valence-corrected chi connectivity index (χ2v) is 31.7. The molecule has 4 aliphatic rings. The van der Waals surface area contributed by atoms with E-state index in [0.29, 0.717) is 11.1 Å². The number of nitrogen functional groups attached to an aromatic ring is 4. The Morgan fingerprint density at radius 1 is 0.644 bits per heavy atom. The smallest absolute Gasteiger partial charge is 0.339 e. The lowest BCUT2D eigenvalue weighted by Crippen LogP contribution is -2.14. The van der Waals surface area contributed by atoms with Crippen molar-refractivity contribution in [1.82, 2.24) is 29.9 Å². The maximum atomic E-state index is 11.8. The lowest BCUT2D eigenvalue weighted by Gasteiger charge is -2.21. The van der Waals surface area contributed by atoms with E-state index in [0.717, 1.165) is 116 Å². The molecule has 0 unspecified atom stereocenters. The van der Waals surface area contributed by atoms with Gasteiger partial charge in [-0.1, -0.05) is 11.6 Å². The van der Waals surface area contributed by atoms with Gasteiger partial charge in [0.05, 0.1) is 40.9 Å². The molecule has 0 radical (unpaired) electrons. The van der Waals surface area contributed by atoms with Crippen LogP contribution in [-0.4, -0.2) is 69.3 Å². The Balaban J connectivity index is 0.000000171. The fraction of sp³-hybridized carbons (Fsp3) is 0.368. The number of carbonyl (C=O) groups is 1. The summed E-state index contributed by atoms with van der Waals surface area (Å²) >= 11 is 31.3. The predicted octanol–water partition coefficient (Wildman–Crippen LogP) is 15.7. The van der Waals surface area contributed by atoms with Gasteiger partial charge in [-0.3, -0.25) is 24.5 Å². The number of methoxy groups -OCH3 is 2. The number of benzene rings is 2. The number of nitrogens with one attached hydrogen (secondary N) is 3. The van der Waals surface area contributed by atoms with Crippen LogP contribution < -0.4 is 53.9 Å². The molecule has 0 fully saturated rings. The number of H-pyrrole nitrogens is 1. The topological polar surface area (TPSA) is 319 Å². The molecule has 0 spiro atoms. The number of hydrogen-bond donors (Lipinski definition) is 8. The fourth-order valence-corrected chi connectivity index (χ4v) is 15.7. The van der Waals surface area contributed by atoms with Crippen molar-refractivity contribution in [2.75, 3.05) is 61.5 Å². The molecule has 468 valence electrons. The second kappa shape index (κ2) is 32.9. The molecule has 0 amide bonds. The van der Waals surface area contributed by atoms with E-state index >= 15 is 0 Å². The Hall–Kier alpha value is -5.43. The molecule has 87 heavy (non-hydrogen) atoms. The zero-order valence-corrected chi connectivity index (χ0v) is 57.2. The molecule has 0 saturated heterocycles. The number of ether oxygens (including phenoxy) is 2. The number of thiophene rings is 4. The zero-order chi connectivity index (χ0) is 62.4. The maximum absolute atomic E-state index is 11.8. The maximum Gasteiger partial charge on any atom is 0.339 e. The molecule has 0 saturated carbocycles. The summed E-state index contributed by atoms with van der Waals surface area (Å²) in [5, 5.41) is 9.68. The van der Waals surface area contributed by atoms with Crippen molar-refractivity contribution < 1.29 is 18.8 Å². The predicted molar refractivity (Wildman–Crippen MR) is 372 cm³/mol. The van der Waals surface area contributed by atoms with Crippen LogP contribution >= 0.6 is 120 Å². The van der Waals surface area contributed by atoms with E-state index in [2.05, 4.69) is 91.2 Å². The minimum absolute atomic E-state index is 0. The number of carbonyl (C=O) groups excluding carboxylic acids is 1. The number of anilines is 7. The van der Waals surface area contributed by atoms with Crippen molar-refractivity contribution in [3.63, 3.8) is 0 Å². The van der Waals surface area contributed by atoms with Crippen molar-refractivity contribution >= 4 is 202 Å². The van der Waals surface area contributed by atoms with Gasteiger partial charge in [-0.15, -0.1) is 57.8 Å². The number of ketones is 1. The van der Waals surface area contributed by atoms with Crippen LogP contribution in [-0.2, 0) is 55.9 Å². The van der Waals surface area contributed by atoms with Crippen LogP contribution in [0.15, 0.2) is 53.3 Å². The van der Waals surface area contributed by atoms with Crippen LogP contribution in [0.2, 0.25) is 5.15 Å². The summed E-state index contributed by atoms with van der Waals surface area (Å²) in [7, 11) is 7.25. The number of rotatable bonds is 6. The number of nitrogens with two attached hydrogens (primary N) is 5. The average Bonchev–Trinajstić information content (AvgIpc) is 1.81. The van der Waals surface area contributed by atoms with Gasteiger partial charge in [0, 0.05) is 45.0 Å². The van der Waals surface area contributed by atoms with E-state index < -0.39 is 5.20 Å². The van der Waals surface area contributed by atoms with Crippen LogP contribution in [0.3, 0.4) is 0 Å². The lowest BCUT2D eigenvalue weighted by molar-refractivity contribution is 0.101. The number of amidine groups is 1. The number of fused-ring (bicyclic) bond motifs is 10. The number of nitrogens with zero attached hydrogens (tertiary/aromatic N) is 6. The molecule has 2 aromatic carbocycles. The third-order valence-electron chi connectivity index (χ3n) is 14.2. The quantitative estimate of drug-likeness (QED) is 0.0191. The first-order valence-electron chi connectivity index (χ1n) is 27.4. The summed E-state index contributed by atoms with van der Waals surface area (Å²) in [6.45, 7) is 1.60. The summed E-state index contributed by atoms with van der Waals surface area (Å²) in [5.74, 6) is 3.55. The van der Waals surface area contributed by atoms with Gasteiger partial charge in [0.15, 0.2) is 11.1 Å².